The summed E-state index contributed by atoms with van der Waals surface area (Å²) in [5.41, 5.74) is 0.218. The van der Waals surface area contributed by atoms with Crippen LogP contribution < -0.4 is 9.47 Å². The Morgan fingerprint density at radius 1 is 1.28 bits per heavy atom. The summed E-state index contributed by atoms with van der Waals surface area (Å²) in [6, 6.07) is 3.87. The second-order valence-corrected chi connectivity index (χ2v) is 3.63. The molecule has 0 aliphatic heterocycles. The number of hydrogen-bond donors (Lipinski definition) is 1. The van der Waals surface area contributed by atoms with Gasteiger partial charge in [-0.05, 0) is 19.1 Å². The summed E-state index contributed by atoms with van der Waals surface area (Å²) >= 11 is 0. The second kappa shape index (κ2) is 5.86. The van der Waals surface area contributed by atoms with Gasteiger partial charge in [0.15, 0.2) is 11.5 Å². The van der Waals surface area contributed by atoms with Crippen molar-refractivity contribution in [3.8, 4) is 17.2 Å². The van der Waals surface area contributed by atoms with Gasteiger partial charge in [0.05, 0.1) is 0 Å². The molecule has 0 saturated heterocycles. The predicted octanol–water partition coefficient (Wildman–Crippen LogP) is 2.19. The summed E-state index contributed by atoms with van der Waals surface area (Å²) in [4.78, 5) is 22.6. The Morgan fingerprint density at radius 3 is 2.50 bits per heavy atom. The van der Waals surface area contributed by atoms with E-state index in [-0.39, 0.29) is 29.2 Å². The van der Waals surface area contributed by atoms with Crippen LogP contribution >= 0.6 is 0 Å². The molecule has 0 aliphatic carbocycles. The number of ether oxygens (including phenoxy) is 2. The number of phenolic OH excluding ortho intramolecular Hbond substituents is 1. The average molecular weight is 250 g/mol. The molecule has 5 nitrogen and oxygen atoms in total. The first-order valence-corrected chi connectivity index (χ1v) is 5.35. The van der Waals surface area contributed by atoms with Gasteiger partial charge in [-0.15, -0.1) is 0 Å². The Labute approximate surface area is 105 Å². The molecule has 0 unspecified atom stereocenters. The lowest BCUT2D eigenvalue weighted by Crippen LogP contribution is -2.11. The van der Waals surface area contributed by atoms with Gasteiger partial charge in [0.2, 0.25) is 0 Å². The number of hydrogen-bond acceptors (Lipinski definition) is 5. The summed E-state index contributed by atoms with van der Waals surface area (Å²) in [6.07, 6.45) is 0.170. The van der Waals surface area contributed by atoms with Gasteiger partial charge in [0, 0.05) is 18.1 Å². The number of esters is 2. The van der Waals surface area contributed by atoms with Crippen molar-refractivity contribution in [2.45, 2.75) is 20.3 Å². The number of rotatable bonds is 4. The van der Waals surface area contributed by atoms with Crippen LogP contribution in [-0.4, -0.2) is 17.0 Å². The van der Waals surface area contributed by atoms with Gasteiger partial charge in [-0.3, -0.25) is 4.79 Å². The molecule has 0 saturated carbocycles. The van der Waals surface area contributed by atoms with Crippen LogP contribution in [0.4, 0.5) is 0 Å². The molecule has 1 N–H and O–H groups in total. The number of phenols is 1. The minimum Gasteiger partial charge on any atom is -0.508 e. The van der Waals surface area contributed by atoms with E-state index < -0.39 is 11.9 Å². The first-order valence-electron chi connectivity index (χ1n) is 5.35. The lowest BCUT2D eigenvalue weighted by atomic mass is 10.3. The fourth-order valence-corrected chi connectivity index (χ4v) is 1.04. The molecule has 1 rings (SSSR count). The fourth-order valence-electron chi connectivity index (χ4n) is 1.04. The second-order valence-electron chi connectivity index (χ2n) is 3.63. The van der Waals surface area contributed by atoms with Crippen LogP contribution in [-0.2, 0) is 9.59 Å². The van der Waals surface area contributed by atoms with Crippen molar-refractivity contribution < 1.29 is 24.2 Å². The zero-order valence-corrected chi connectivity index (χ0v) is 10.2. The molecule has 1 aromatic carbocycles. The Bertz CT molecular complexity index is 490. The highest BCUT2D eigenvalue weighted by Gasteiger charge is 2.14. The standard InChI is InChI=1S/C13H14O5/c1-4-12(15)17-11-7-9(14)5-6-10(11)18-13(16)8(2)3/h5-7,14H,2,4H2,1,3H3. The monoisotopic (exact) mass is 250 g/mol. The van der Waals surface area contributed by atoms with Crippen LogP contribution in [0.25, 0.3) is 0 Å². The lowest BCUT2D eigenvalue weighted by Gasteiger charge is -2.10. The first-order chi connectivity index (χ1) is 8.43. The molecule has 1 aromatic rings. The number of aromatic hydroxyl groups is 1. The Morgan fingerprint density at radius 2 is 1.94 bits per heavy atom. The molecule has 0 atom stereocenters. The summed E-state index contributed by atoms with van der Waals surface area (Å²) in [5, 5.41) is 9.32. The summed E-state index contributed by atoms with van der Waals surface area (Å²) in [6.45, 7) is 6.57. The van der Waals surface area contributed by atoms with Crippen LogP contribution in [0, 0.1) is 0 Å². The minimum absolute atomic E-state index is 0.00329. The van der Waals surface area contributed by atoms with E-state index in [2.05, 4.69) is 6.58 Å². The van der Waals surface area contributed by atoms with Crippen molar-refractivity contribution in [1.82, 2.24) is 0 Å². The molecule has 0 spiro atoms. The van der Waals surface area contributed by atoms with Crippen molar-refractivity contribution in [2.75, 3.05) is 0 Å². The van der Waals surface area contributed by atoms with E-state index in [0.717, 1.165) is 0 Å². The van der Waals surface area contributed by atoms with Gasteiger partial charge >= 0.3 is 11.9 Å². The largest absolute Gasteiger partial charge is 0.508 e. The molecule has 18 heavy (non-hydrogen) atoms. The van der Waals surface area contributed by atoms with Gasteiger partial charge in [-0.1, -0.05) is 13.5 Å². The number of carbonyl (C=O) groups is 2. The first kappa shape index (κ1) is 13.8. The van der Waals surface area contributed by atoms with Crippen molar-refractivity contribution in [1.29, 1.82) is 0 Å². The predicted molar refractivity (Wildman–Crippen MR) is 64.5 cm³/mol. The topological polar surface area (TPSA) is 72.8 Å². The maximum absolute atomic E-state index is 11.4. The van der Waals surface area contributed by atoms with E-state index in [1.807, 2.05) is 0 Å². The Kier molecular flexibility index (Phi) is 4.48. The zero-order chi connectivity index (χ0) is 13.7. The number of carbonyl (C=O) groups excluding carboxylic acids is 2. The van der Waals surface area contributed by atoms with Gasteiger partial charge in [-0.2, -0.15) is 0 Å². The van der Waals surface area contributed by atoms with E-state index in [9.17, 15) is 14.7 Å². The fraction of sp³-hybridized carbons (Fsp3) is 0.231. The van der Waals surface area contributed by atoms with E-state index in [1.165, 1.54) is 25.1 Å². The van der Waals surface area contributed by atoms with Crippen molar-refractivity contribution in [3.05, 3.63) is 30.4 Å². The molecular weight excluding hydrogens is 236 g/mol. The lowest BCUT2D eigenvalue weighted by molar-refractivity contribution is -0.135. The van der Waals surface area contributed by atoms with Crippen molar-refractivity contribution in [2.24, 2.45) is 0 Å². The van der Waals surface area contributed by atoms with E-state index >= 15 is 0 Å². The van der Waals surface area contributed by atoms with E-state index in [1.54, 1.807) is 6.92 Å². The molecule has 96 valence electrons. The van der Waals surface area contributed by atoms with Gasteiger partial charge in [0.1, 0.15) is 5.75 Å². The van der Waals surface area contributed by atoms with Gasteiger partial charge in [-0.25, -0.2) is 4.79 Å². The maximum Gasteiger partial charge on any atom is 0.338 e. The Hall–Kier alpha value is -2.30. The molecule has 0 aromatic heterocycles. The van der Waals surface area contributed by atoms with Crippen LogP contribution in [0.2, 0.25) is 0 Å². The molecular formula is C13H14O5. The minimum atomic E-state index is -0.630. The third-order valence-electron chi connectivity index (χ3n) is 1.99. The van der Waals surface area contributed by atoms with Gasteiger partial charge in [0.25, 0.3) is 0 Å². The van der Waals surface area contributed by atoms with Crippen molar-refractivity contribution in [3.63, 3.8) is 0 Å². The number of benzene rings is 1. The van der Waals surface area contributed by atoms with Crippen LogP contribution in [0.3, 0.4) is 0 Å². The quantitative estimate of drug-likeness (QED) is 0.503. The van der Waals surface area contributed by atoms with Crippen molar-refractivity contribution >= 4 is 11.9 Å². The highest BCUT2D eigenvalue weighted by Crippen LogP contribution is 2.31. The molecule has 0 heterocycles. The normalized spacial score (nSPS) is 9.67. The maximum atomic E-state index is 11.4. The SMILES string of the molecule is C=C(C)C(=O)Oc1ccc(O)cc1OC(=O)CC. The molecule has 0 bridgehead atoms. The molecule has 0 aliphatic rings. The smallest absolute Gasteiger partial charge is 0.338 e. The highest BCUT2D eigenvalue weighted by atomic mass is 16.6. The molecule has 0 radical (unpaired) electrons. The highest BCUT2D eigenvalue weighted by molar-refractivity contribution is 5.89. The van der Waals surface area contributed by atoms with Crippen LogP contribution in [0.5, 0.6) is 17.2 Å². The van der Waals surface area contributed by atoms with E-state index in [4.69, 9.17) is 9.47 Å². The summed E-state index contributed by atoms with van der Waals surface area (Å²) < 4.78 is 9.93. The summed E-state index contributed by atoms with van der Waals surface area (Å²) in [7, 11) is 0. The van der Waals surface area contributed by atoms with Crippen LogP contribution in [0.1, 0.15) is 20.3 Å². The Balaban J connectivity index is 2.99. The molecule has 0 amide bonds. The zero-order valence-electron chi connectivity index (χ0n) is 10.2. The molecule has 0 fully saturated rings. The third-order valence-corrected chi connectivity index (χ3v) is 1.99. The van der Waals surface area contributed by atoms with Gasteiger partial charge < -0.3 is 14.6 Å². The molecule has 5 heteroatoms. The van der Waals surface area contributed by atoms with Crippen LogP contribution in [0.15, 0.2) is 30.4 Å². The third kappa shape index (κ3) is 3.62. The summed E-state index contributed by atoms with van der Waals surface area (Å²) in [5.74, 6) is -1.16. The van der Waals surface area contributed by atoms with E-state index in [0.29, 0.717) is 0 Å². The average Bonchev–Trinajstić information content (AvgIpc) is 2.32.